The number of carbonyl (C=O) groups is 1. The number of rotatable bonds is 10. The highest BCUT2D eigenvalue weighted by Crippen LogP contribution is 2.09. The zero-order valence-electron chi connectivity index (χ0n) is 11.5. The fourth-order valence-electron chi connectivity index (χ4n) is 1.82. The van der Waals surface area contributed by atoms with Crippen molar-refractivity contribution in [3.63, 3.8) is 0 Å². The molecular weight excluding hydrogens is 224 g/mol. The van der Waals surface area contributed by atoms with Crippen LogP contribution in [0.4, 0.5) is 0 Å². The predicted molar refractivity (Wildman–Crippen MR) is 73.6 cm³/mol. The molecule has 0 aromatic carbocycles. The van der Waals surface area contributed by atoms with Gasteiger partial charge in [0.25, 0.3) is 0 Å². The van der Waals surface area contributed by atoms with Crippen LogP contribution in [-0.4, -0.2) is 23.9 Å². The SMILES string of the molecule is C#CCN(CC#N)C(=O)CCCCCCCCC. The van der Waals surface area contributed by atoms with Gasteiger partial charge in [0, 0.05) is 6.42 Å². The van der Waals surface area contributed by atoms with Gasteiger partial charge in [-0.1, -0.05) is 51.4 Å². The molecule has 0 fully saturated rings. The molecule has 0 heterocycles. The Morgan fingerprint density at radius 3 is 2.28 bits per heavy atom. The van der Waals surface area contributed by atoms with Gasteiger partial charge in [-0.05, 0) is 6.42 Å². The van der Waals surface area contributed by atoms with Gasteiger partial charge in [0.15, 0.2) is 0 Å². The number of terminal acetylenes is 1. The van der Waals surface area contributed by atoms with E-state index < -0.39 is 0 Å². The van der Waals surface area contributed by atoms with Crippen molar-refractivity contribution in [2.75, 3.05) is 13.1 Å². The van der Waals surface area contributed by atoms with Crippen LogP contribution in [0.2, 0.25) is 0 Å². The Hall–Kier alpha value is -1.48. The van der Waals surface area contributed by atoms with E-state index in [1.165, 1.54) is 37.0 Å². The maximum Gasteiger partial charge on any atom is 0.224 e. The highest BCUT2D eigenvalue weighted by atomic mass is 16.2. The van der Waals surface area contributed by atoms with Crippen molar-refractivity contribution < 1.29 is 4.79 Å². The third-order valence-corrected chi connectivity index (χ3v) is 2.89. The average molecular weight is 248 g/mol. The van der Waals surface area contributed by atoms with Crippen molar-refractivity contribution in [3.05, 3.63) is 0 Å². The van der Waals surface area contributed by atoms with E-state index in [4.69, 9.17) is 11.7 Å². The molecule has 0 bridgehead atoms. The summed E-state index contributed by atoms with van der Waals surface area (Å²) in [6.45, 7) is 2.54. The molecule has 0 aliphatic carbocycles. The molecular formula is C15H24N2O. The van der Waals surface area contributed by atoms with Crippen molar-refractivity contribution in [1.82, 2.24) is 4.90 Å². The molecule has 1 amide bonds. The van der Waals surface area contributed by atoms with Gasteiger partial charge >= 0.3 is 0 Å². The van der Waals surface area contributed by atoms with Crippen LogP contribution in [0.3, 0.4) is 0 Å². The van der Waals surface area contributed by atoms with Gasteiger partial charge in [0.05, 0.1) is 12.6 Å². The van der Waals surface area contributed by atoms with Gasteiger partial charge in [-0.2, -0.15) is 5.26 Å². The zero-order valence-corrected chi connectivity index (χ0v) is 11.5. The summed E-state index contributed by atoms with van der Waals surface area (Å²) in [6, 6.07) is 1.97. The summed E-state index contributed by atoms with van der Waals surface area (Å²) in [7, 11) is 0. The standard InChI is InChI=1S/C15H24N2O/c1-3-5-6-7-8-9-10-11-15(18)17(13-4-2)14-12-16/h2H,3,5-11,13-14H2,1H3. The Balaban J connectivity index is 3.62. The van der Waals surface area contributed by atoms with E-state index in [1.54, 1.807) is 0 Å². The Morgan fingerprint density at radius 1 is 1.11 bits per heavy atom. The van der Waals surface area contributed by atoms with E-state index in [2.05, 4.69) is 12.8 Å². The summed E-state index contributed by atoms with van der Waals surface area (Å²) in [4.78, 5) is 13.2. The number of amides is 1. The summed E-state index contributed by atoms with van der Waals surface area (Å²) >= 11 is 0. The van der Waals surface area contributed by atoms with Gasteiger partial charge in [-0.15, -0.1) is 6.42 Å². The van der Waals surface area contributed by atoms with E-state index in [9.17, 15) is 4.79 Å². The van der Waals surface area contributed by atoms with E-state index >= 15 is 0 Å². The lowest BCUT2D eigenvalue weighted by molar-refractivity contribution is -0.130. The van der Waals surface area contributed by atoms with Crippen LogP contribution in [0, 0.1) is 23.7 Å². The topological polar surface area (TPSA) is 44.1 Å². The van der Waals surface area contributed by atoms with Gasteiger partial charge in [0.2, 0.25) is 5.91 Å². The minimum Gasteiger partial charge on any atom is -0.318 e. The second-order valence-electron chi connectivity index (χ2n) is 4.48. The Kier molecular flexibility index (Phi) is 11.0. The van der Waals surface area contributed by atoms with Crippen LogP contribution in [-0.2, 0) is 4.79 Å². The smallest absolute Gasteiger partial charge is 0.224 e. The lowest BCUT2D eigenvalue weighted by atomic mass is 10.1. The average Bonchev–Trinajstić information content (AvgIpc) is 2.37. The first-order chi connectivity index (χ1) is 8.76. The van der Waals surface area contributed by atoms with Gasteiger partial charge in [-0.3, -0.25) is 4.79 Å². The van der Waals surface area contributed by atoms with Crippen LogP contribution in [0.5, 0.6) is 0 Å². The molecule has 0 rings (SSSR count). The maximum absolute atomic E-state index is 11.7. The lowest BCUT2D eigenvalue weighted by Gasteiger charge is -2.16. The summed E-state index contributed by atoms with van der Waals surface area (Å²) in [6.07, 6.45) is 14.0. The third kappa shape index (κ3) is 8.65. The van der Waals surface area contributed by atoms with Crippen molar-refractivity contribution in [2.45, 2.75) is 58.3 Å². The summed E-state index contributed by atoms with van der Waals surface area (Å²) in [5, 5.41) is 8.59. The molecule has 0 aromatic rings. The van der Waals surface area contributed by atoms with E-state index in [-0.39, 0.29) is 19.0 Å². The summed E-state index contributed by atoms with van der Waals surface area (Å²) in [5.74, 6) is 2.42. The second-order valence-corrected chi connectivity index (χ2v) is 4.48. The van der Waals surface area contributed by atoms with Gasteiger partial charge < -0.3 is 4.90 Å². The number of hydrogen-bond donors (Lipinski definition) is 0. The van der Waals surface area contributed by atoms with E-state index in [0.29, 0.717) is 6.42 Å². The normalized spacial score (nSPS) is 9.50. The maximum atomic E-state index is 11.7. The molecule has 18 heavy (non-hydrogen) atoms. The number of unbranched alkanes of at least 4 members (excludes halogenated alkanes) is 6. The highest BCUT2D eigenvalue weighted by Gasteiger charge is 2.10. The van der Waals surface area contributed by atoms with Crippen molar-refractivity contribution in [2.24, 2.45) is 0 Å². The molecule has 0 spiro atoms. The van der Waals surface area contributed by atoms with Crippen molar-refractivity contribution in [1.29, 1.82) is 5.26 Å². The van der Waals surface area contributed by atoms with Crippen LogP contribution in [0.15, 0.2) is 0 Å². The quantitative estimate of drug-likeness (QED) is 0.339. The minimum atomic E-state index is 0.00283. The first kappa shape index (κ1) is 16.5. The molecule has 0 N–H and O–H groups in total. The monoisotopic (exact) mass is 248 g/mol. The third-order valence-electron chi connectivity index (χ3n) is 2.89. The fraction of sp³-hybridized carbons (Fsp3) is 0.733. The molecule has 0 aromatic heterocycles. The molecule has 0 aliphatic heterocycles. The molecule has 100 valence electrons. The molecule has 3 heteroatoms. The van der Waals surface area contributed by atoms with Gasteiger partial charge in [0.1, 0.15) is 6.54 Å². The summed E-state index contributed by atoms with van der Waals surface area (Å²) < 4.78 is 0. The van der Waals surface area contributed by atoms with Crippen LogP contribution < -0.4 is 0 Å². The molecule has 0 unspecified atom stereocenters. The summed E-state index contributed by atoms with van der Waals surface area (Å²) in [5.41, 5.74) is 0. The second kappa shape index (κ2) is 12.0. The minimum absolute atomic E-state index is 0.00283. The van der Waals surface area contributed by atoms with Crippen molar-refractivity contribution in [3.8, 4) is 18.4 Å². The van der Waals surface area contributed by atoms with Crippen LogP contribution in [0.25, 0.3) is 0 Å². The molecule has 0 atom stereocenters. The van der Waals surface area contributed by atoms with Crippen LogP contribution >= 0.6 is 0 Å². The first-order valence-electron chi connectivity index (χ1n) is 6.84. The Bertz CT molecular complexity index is 283. The molecule has 0 radical (unpaired) electrons. The number of nitriles is 1. The Morgan fingerprint density at radius 2 is 1.72 bits per heavy atom. The lowest BCUT2D eigenvalue weighted by Crippen LogP contribution is -2.31. The molecule has 0 saturated carbocycles. The number of hydrogen-bond acceptors (Lipinski definition) is 2. The largest absolute Gasteiger partial charge is 0.318 e. The predicted octanol–water partition coefficient (Wildman–Crippen LogP) is 3.11. The number of carbonyl (C=O) groups excluding carboxylic acids is 1. The molecule has 3 nitrogen and oxygen atoms in total. The van der Waals surface area contributed by atoms with E-state index in [0.717, 1.165) is 12.8 Å². The van der Waals surface area contributed by atoms with Crippen molar-refractivity contribution >= 4 is 5.91 Å². The zero-order chi connectivity index (χ0) is 13.6. The van der Waals surface area contributed by atoms with Gasteiger partial charge in [-0.25, -0.2) is 0 Å². The molecule has 0 saturated heterocycles. The fourth-order valence-corrected chi connectivity index (χ4v) is 1.82. The Labute approximate surface area is 111 Å². The first-order valence-corrected chi connectivity index (χ1v) is 6.84. The number of nitrogens with zero attached hydrogens (tertiary/aromatic N) is 2. The van der Waals surface area contributed by atoms with Crippen LogP contribution in [0.1, 0.15) is 58.3 Å². The molecule has 0 aliphatic rings. The highest BCUT2D eigenvalue weighted by molar-refractivity contribution is 5.76. The van der Waals surface area contributed by atoms with E-state index in [1.807, 2.05) is 6.07 Å².